The fourth-order valence-corrected chi connectivity index (χ4v) is 3.53. The molecule has 0 spiro atoms. The zero-order chi connectivity index (χ0) is 21.3. The number of amides is 1. The highest BCUT2D eigenvalue weighted by Gasteiger charge is 2.21. The Morgan fingerprint density at radius 2 is 1.70 bits per heavy atom. The van der Waals surface area contributed by atoms with Crippen molar-refractivity contribution in [1.29, 1.82) is 0 Å². The van der Waals surface area contributed by atoms with Gasteiger partial charge in [-0.25, -0.2) is 9.67 Å². The van der Waals surface area contributed by atoms with Crippen LogP contribution < -0.4 is 5.32 Å². The molecule has 3 aromatic carbocycles. The Kier molecular flexibility index (Phi) is 5.38. The minimum absolute atomic E-state index is 0.0779. The summed E-state index contributed by atoms with van der Waals surface area (Å²) >= 11 is 6.27. The molecular formula is C24H21ClN4O. The summed E-state index contributed by atoms with van der Waals surface area (Å²) in [7, 11) is 0. The second kappa shape index (κ2) is 8.13. The standard InChI is InChI=1S/C24H21ClN4O/c1-15-12-13-16(2)20(14-15)29-23(18-9-5-4-6-10-18)27-22(28-29)24(30)26-21-17(3)8-7-11-19(21)25/h4-14H,1-3H3,(H,26,30). The molecule has 1 amide bonds. The van der Waals surface area contributed by atoms with Crippen LogP contribution in [0.4, 0.5) is 5.69 Å². The summed E-state index contributed by atoms with van der Waals surface area (Å²) in [5.41, 5.74) is 5.33. The maximum absolute atomic E-state index is 13.0. The molecule has 0 bridgehead atoms. The summed E-state index contributed by atoms with van der Waals surface area (Å²) < 4.78 is 1.73. The quantitative estimate of drug-likeness (QED) is 0.459. The summed E-state index contributed by atoms with van der Waals surface area (Å²) in [5.74, 6) is 0.270. The first-order chi connectivity index (χ1) is 14.4. The number of halogens is 1. The zero-order valence-electron chi connectivity index (χ0n) is 17.0. The number of carbonyl (C=O) groups excluding carboxylic acids is 1. The first-order valence-electron chi connectivity index (χ1n) is 9.60. The molecular weight excluding hydrogens is 396 g/mol. The van der Waals surface area contributed by atoms with Gasteiger partial charge in [-0.1, -0.05) is 66.2 Å². The molecule has 1 aromatic heterocycles. The second-order valence-corrected chi connectivity index (χ2v) is 7.62. The molecule has 0 aliphatic rings. The molecule has 5 nitrogen and oxygen atoms in total. The molecule has 0 aliphatic heterocycles. The van der Waals surface area contributed by atoms with Crippen molar-refractivity contribution in [3.63, 3.8) is 0 Å². The van der Waals surface area contributed by atoms with E-state index >= 15 is 0 Å². The third-order valence-electron chi connectivity index (χ3n) is 4.90. The van der Waals surface area contributed by atoms with Crippen LogP contribution in [0.15, 0.2) is 66.7 Å². The molecule has 0 atom stereocenters. The highest BCUT2D eigenvalue weighted by molar-refractivity contribution is 6.34. The van der Waals surface area contributed by atoms with Gasteiger partial charge < -0.3 is 5.32 Å². The van der Waals surface area contributed by atoms with Gasteiger partial charge in [0.2, 0.25) is 5.82 Å². The van der Waals surface area contributed by atoms with Gasteiger partial charge in [0, 0.05) is 5.56 Å². The van der Waals surface area contributed by atoms with Crippen LogP contribution >= 0.6 is 11.6 Å². The van der Waals surface area contributed by atoms with Crippen molar-refractivity contribution in [2.24, 2.45) is 0 Å². The van der Waals surface area contributed by atoms with Crippen molar-refractivity contribution in [3.8, 4) is 17.1 Å². The van der Waals surface area contributed by atoms with Gasteiger partial charge in [-0.15, -0.1) is 5.10 Å². The van der Waals surface area contributed by atoms with Gasteiger partial charge >= 0.3 is 0 Å². The van der Waals surface area contributed by atoms with Gasteiger partial charge in [-0.2, -0.15) is 0 Å². The van der Waals surface area contributed by atoms with E-state index in [4.69, 9.17) is 11.6 Å². The minimum Gasteiger partial charge on any atom is -0.318 e. The normalized spacial score (nSPS) is 10.8. The van der Waals surface area contributed by atoms with Crippen LogP contribution in [0.1, 0.15) is 27.3 Å². The molecule has 4 rings (SSSR count). The Bertz CT molecular complexity index is 1210. The van der Waals surface area contributed by atoms with Gasteiger partial charge in [0.05, 0.1) is 16.4 Å². The van der Waals surface area contributed by atoms with E-state index in [1.54, 1.807) is 10.7 Å². The number of hydrogen-bond acceptors (Lipinski definition) is 3. The van der Waals surface area contributed by atoms with E-state index in [9.17, 15) is 4.79 Å². The number of nitrogens with zero attached hydrogens (tertiary/aromatic N) is 3. The number of carbonyl (C=O) groups is 1. The number of rotatable bonds is 4. The SMILES string of the molecule is Cc1ccc(C)c(-n2nc(C(=O)Nc3c(C)cccc3Cl)nc2-c2ccccc2)c1. The van der Waals surface area contributed by atoms with E-state index in [2.05, 4.69) is 15.4 Å². The first-order valence-corrected chi connectivity index (χ1v) is 9.98. The van der Waals surface area contributed by atoms with Crippen molar-refractivity contribution >= 4 is 23.2 Å². The molecule has 0 unspecified atom stereocenters. The number of aromatic nitrogens is 3. The average molecular weight is 417 g/mol. The molecule has 1 N–H and O–H groups in total. The predicted octanol–water partition coefficient (Wildman–Crippen LogP) is 5.77. The summed E-state index contributed by atoms with van der Waals surface area (Å²) in [6.45, 7) is 5.92. The molecule has 1 heterocycles. The van der Waals surface area contributed by atoms with Crippen molar-refractivity contribution < 1.29 is 4.79 Å². The fourth-order valence-electron chi connectivity index (χ4n) is 3.26. The van der Waals surface area contributed by atoms with Crippen LogP contribution in [0.5, 0.6) is 0 Å². The van der Waals surface area contributed by atoms with Gasteiger partial charge in [0.15, 0.2) is 5.82 Å². The summed E-state index contributed by atoms with van der Waals surface area (Å²) in [5, 5.41) is 7.89. The van der Waals surface area contributed by atoms with E-state index < -0.39 is 5.91 Å². The van der Waals surface area contributed by atoms with E-state index in [-0.39, 0.29) is 5.82 Å². The van der Waals surface area contributed by atoms with Crippen molar-refractivity contribution in [2.45, 2.75) is 20.8 Å². The molecule has 0 radical (unpaired) electrons. The smallest absolute Gasteiger partial charge is 0.295 e. The summed E-state index contributed by atoms with van der Waals surface area (Å²) in [4.78, 5) is 17.6. The lowest BCUT2D eigenvalue weighted by Crippen LogP contribution is -2.15. The Hall–Kier alpha value is -3.44. The van der Waals surface area contributed by atoms with Gasteiger partial charge in [0.1, 0.15) is 0 Å². The predicted molar refractivity (Wildman–Crippen MR) is 120 cm³/mol. The van der Waals surface area contributed by atoms with Crippen LogP contribution in [0.2, 0.25) is 5.02 Å². The number of anilines is 1. The average Bonchev–Trinajstić information content (AvgIpc) is 3.18. The molecule has 0 fully saturated rings. The Morgan fingerprint density at radius 3 is 2.43 bits per heavy atom. The molecule has 0 aliphatic carbocycles. The summed E-state index contributed by atoms with van der Waals surface area (Å²) in [6.07, 6.45) is 0. The van der Waals surface area contributed by atoms with Crippen LogP contribution in [0, 0.1) is 20.8 Å². The molecule has 30 heavy (non-hydrogen) atoms. The van der Waals surface area contributed by atoms with Crippen molar-refractivity contribution in [2.75, 3.05) is 5.32 Å². The fraction of sp³-hybridized carbons (Fsp3) is 0.125. The monoisotopic (exact) mass is 416 g/mol. The lowest BCUT2D eigenvalue weighted by Gasteiger charge is -2.10. The van der Waals surface area contributed by atoms with E-state index in [1.165, 1.54) is 0 Å². The van der Waals surface area contributed by atoms with E-state index in [0.29, 0.717) is 16.5 Å². The molecule has 4 aromatic rings. The van der Waals surface area contributed by atoms with Gasteiger partial charge in [-0.05, 0) is 49.6 Å². The number of hydrogen-bond donors (Lipinski definition) is 1. The van der Waals surface area contributed by atoms with E-state index in [0.717, 1.165) is 27.9 Å². The topological polar surface area (TPSA) is 59.8 Å². The highest BCUT2D eigenvalue weighted by atomic mass is 35.5. The van der Waals surface area contributed by atoms with Gasteiger partial charge in [0.25, 0.3) is 5.91 Å². The maximum Gasteiger partial charge on any atom is 0.295 e. The van der Waals surface area contributed by atoms with Crippen LogP contribution in [-0.2, 0) is 0 Å². The Balaban J connectivity index is 1.81. The first kappa shape index (κ1) is 19.9. The molecule has 150 valence electrons. The third kappa shape index (κ3) is 3.84. The summed E-state index contributed by atoms with van der Waals surface area (Å²) in [6, 6.07) is 21.3. The molecule has 0 saturated heterocycles. The third-order valence-corrected chi connectivity index (χ3v) is 5.21. The number of nitrogens with one attached hydrogen (secondary N) is 1. The Labute approximate surface area is 180 Å². The molecule has 0 saturated carbocycles. The zero-order valence-corrected chi connectivity index (χ0v) is 17.7. The number of para-hydroxylation sites is 1. The molecule has 6 heteroatoms. The number of aryl methyl sites for hydroxylation is 3. The van der Waals surface area contributed by atoms with E-state index in [1.807, 2.05) is 81.4 Å². The lowest BCUT2D eigenvalue weighted by molar-refractivity contribution is 0.101. The number of benzene rings is 3. The highest BCUT2D eigenvalue weighted by Crippen LogP contribution is 2.27. The maximum atomic E-state index is 13.0. The second-order valence-electron chi connectivity index (χ2n) is 7.21. The van der Waals surface area contributed by atoms with Gasteiger partial charge in [-0.3, -0.25) is 4.79 Å². The Morgan fingerprint density at radius 1 is 0.933 bits per heavy atom. The van der Waals surface area contributed by atoms with Crippen molar-refractivity contribution in [3.05, 3.63) is 94.3 Å². The largest absolute Gasteiger partial charge is 0.318 e. The van der Waals surface area contributed by atoms with Crippen LogP contribution in [-0.4, -0.2) is 20.7 Å². The van der Waals surface area contributed by atoms with Crippen LogP contribution in [0.25, 0.3) is 17.1 Å². The van der Waals surface area contributed by atoms with Crippen LogP contribution in [0.3, 0.4) is 0 Å². The van der Waals surface area contributed by atoms with Crippen molar-refractivity contribution in [1.82, 2.24) is 14.8 Å². The minimum atomic E-state index is -0.410. The lowest BCUT2D eigenvalue weighted by atomic mass is 10.1.